The Morgan fingerprint density at radius 2 is 2.04 bits per heavy atom. The van der Waals surface area contributed by atoms with Crippen LogP contribution in [-0.4, -0.2) is 63.8 Å². The van der Waals surface area contributed by atoms with Crippen LogP contribution in [0.4, 0.5) is 0 Å². The van der Waals surface area contributed by atoms with E-state index in [0.29, 0.717) is 5.75 Å². The fourth-order valence-electron chi connectivity index (χ4n) is 2.43. The molecule has 1 aromatic rings. The summed E-state index contributed by atoms with van der Waals surface area (Å²) in [6.45, 7) is 0.385. The van der Waals surface area contributed by atoms with Gasteiger partial charge in [-0.2, -0.15) is 4.31 Å². The van der Waals surface area contributed by atoms with Crippen molar-refractivity contribution in [1.29, 1.82) is 0 Å². The Hall–Kier alpha value is -1.84. The molecule has 1 N–H and O–H groups in total. The molecule has 9 heteroatoms. The molecule has 1 aromatic carbocycles. The number of carbonyl (C=O) groups is 1. The summed E-state index contributed by atoms with van der Waals surface area (Å²) in [6.07, 6.45) is -0.313. The van der Waals surface area contributed by atoms with Crippen molar-refractivity contribution in [3.05, 3.63) is 18.2 Å². The molecule has 0 bridgehead atoms. The fraction of sp³-hybridized carbons (Fsp3) is 0.500. The Morgan fingerprint density at radius 3 is 2.65 bits per heavy atom. The van der Waals surface area contributed by atoms with Gasteiger partial charge in [-0.25, -0.2) is 8.42 Å². The number of sulfonamides is 1. The lowest BCUT2D eigenvalue weighted by atomic mass is 10.2. The van der Waals surface area contributed by atoms with Crippen LogP contribution in [0.25, 0.3) is 0 Å². The van der Waals surface area contributed by atoms with E-state index in [1.807, 2.05) is 0 Å². The minimum absolute atomic E-state index is 0.0208. The number of hydrogen-bond acceptors (Lipinski definition) is 6. The first-order chi connectivity index (χ1) is 10.9. The van der Waals surface area contributed by atoms with Crippen molar-refractivity contribution in [1.82, 2.24) is 4.31 Å². The number of rotatable bonds is 6. The van der Waals surface area contributed by atoms with Gasteiger partial charge < -0.3 is 19.3 Å². The van der Waals surface area contributed by atoms with Gasteiger partial charge in [0.2, 0.25) is 10.0 Å². The average molecular weight is 345 g/mol. The third kappa shape index (κ3) is 3.74. The smallest absolute Gasteiger partial charge is 0.305 e. The van der Waals surface area contributed by atoms with Gasteiger partial charge >= 0.3 is 5.97 Å². The molecule has 128 valence electrons. The molecule has 23 heavy (non-hydrogen) atoms. The summed E-state index contributed by atoms with van der Waals surface area (Å²) in [4.78, 5) is 11.0. The summed E-state index contributed by atoms with van der Waals surface area (Å²) in [6, 6.07) is 3.53. The molecule has 1 atom stereocenters. The highest BCUT2D eigenvalue weighted by molar-refractivity contribution is 7.89. The highest BCUT2D eigenvalue weighted by Crippen LogP contribution is 2.31. The van der Waals surface area contributed by atoms with Crippen molar-refractivity contribution in [3.8, 4) is 11.5 Å². The van der Waals surface area contributed by atoms with Crippen molar-refractivity contribution < 1.29 is 32.5 Å². The standard InChI is InChI=1S/C14H19NO7S/c1-20-12-4-3-11(8-13(12)21-2)23(18,19)15-5-6-22-9-10(15)7-14(16)17/h3-4,8,10H,5-7,9H2,1-2H3,(H,16,17). The summed E-state index contributed by atoms with van der Waals surface area (Å²) < 4.78 is 42.3. The fourth-order valence-corrected chi connectivity index (χ4v) is 4.04. The van der Waals surface area contributed by atoms with Crippen molar-refractivity contribution in [3.63, 3.8) is 0 Å². The van der Waals surface area contributed by atoms with E-state index in [-0.39, 0.29) is 36.8 Å². The first kappa shape index (κ1) is 17.5. The molecule has 1 saturated heterocycles. The van der Waals surface area contributed by atoms with E-state index in [1.165, 1.54) is 36.7 Å². The van der Waals surface area contributed by atoms with Gasteiger partial charge in [-0.3, -0.25) is 4.79 Å². The number of hydrogen-bond donors (Lipinski definition) is 1. The maximum atomic E-state index is 12.8. The van der Waals surface area contributed by atoms with Crippen LogP contribution in [0.2, 0.25) is 0 Å². The lowest BCUT2D eigenvalue weighted by molar-refractivity contribution is -0.139. The second-order valence-corrected chi connectivity index (χ2v) is 6.85. The van der Waals surface area contributed by atoms with Crippen LogP contribution in [0.15, 0.2) is 23.1 Å². The van der Waals surface area contributed by atoms with E-state index in [2.05, 4.69) is 0 Å². The minimum atomic E-state index is -3.86. The van der Waals surface area contributed by atoms with Gasteiger partial charge in [0.25, 0.3) is 0 Å². The first-order valence-corrected chi connectivity index (χ1v) is 8.37. The van der Waals surface area contributed by atoms with Gasteiger partial charge in [0.15, 0.2) is 11.5 Å². The summed E-state index contributed by atoms with van der Waals surface area (Å²) >= 11 is 0. The number of ether oxygens (including phenoxy) is 3. The van der Waals surface area contributed by atoms with Gasteiger partial charge in [0.1, 0.15) is 0 Å². The number of benzene rings is 1. The minimum Gasteiger partial charge on any atom is -0.493 e. The monoisotopic (exact) mass is 345 g/mol. The largest absolute Gasteiger partial charge is 0.493 e. The molecule has 0 radical (unpaired) electrons. The second-order valence-electron chi connectivity index (χ2n) is 4.96. The quantitative estimate of drug-likeness (QED) is 0.804. The normalized spacial score (nSPS) is 19.3. The van der Waals surface area contributed by atoms with E-state index < -0.39 is 22.0 Å². The lowest BCUT2D eigenvalue weighted by Crippen LogP contribution is -2.49. The van der Waals surface area contributed by atoms with Gasteiger partial charge in [0.05, 0.1) is 44.8 Å². The Morgan fingerprint density at radius 1 is 1.35 bits per heavy atom. The molecule has 0 amide bonds. The molecule has 1 fully saturated rings. The molecule has 0 spiro atoms. The van der Waals surface area contributed by atoms with Crippen molar-refractivity contribution in [2.24, 2.45) is 0 Å². The molecule has 8 nitrogen and oxygen atoms in total. The van der Waals surface area contributed by atoms with Crippen molar-refractivity contribution >= 4 is 16.0 Å². The molecule has 1 unspecified atom stereocenters. The van der Waals surface area contributed by atoms with Crippen LogP contribution in [0.5, 0.6) is 11.5 Å². The van der Waals surface area contributed by atoms with Crippen LogP contribution in [0.3, 0.4) is 0 Å². The lowest BCUT2D eigenvalue weighted by Gasteiger charge is -2.33. The van der Waals surface area contributed by atoms with Crippen LogP contribution >= 0.6 is 0 Å². The van der Waals surface area contributed by atoms with Crippen molar-refractivity contribution in [2.75, 3.05) is 34.0 Å². The van der Waals surface area contributed by atoms with E-state index in [4.69, 9.17) is 19.3 Å². The Labute approximate surface area is 134 Å². The Balaban J connectivity index is 2.37. The van der Waals surface area contributed by atoms with Crippen LogP contribution < -0.4 is 9.47 Å². The molecule has 1 heterocycles. The number of methoxy groups -OCH3 is 2. The summed E-state index contributed by atoms with van der Waals surface area (Å²) in [5, 5.41) is 8.96. The highest BCUT2D eigenvalue weighted by atomic mass is 32.2. The molecule has 1 aliphatic heterocycles. The second kappa shape index (κ2) is 7.16. The van der Waals surface area contributed by atoms with Crippen LogP contribution in [0.1, 0.15) is 6.42 Å². The van der Waals surface area contributed by atoms with E-state index in [1.54, 1.807) is 0 Å². The first-order valence-electron chi connectivity index (χ1n) is 6.93. The molecule has 0 aliphatic carbocycles. The van der Waals surface area contributed by atoms with Crippen molar-refractivity contribution in [2.45, 2.75) is 17.4 Å². The summed E-state index contributed by atoms with van der Waals surface area (Å²) in [5.41, 5.74) is 0. The molecular formula is C14H19NO7S. The molecule has 0 aromatic heterocycles. The average Bonchev–Trinajstić information content (AvgIpc) is 2.53. The van der Waals surface area contributed by atoms with Crippen LogP contribution in [0, 0.1) is 0 Å². The molecule has 1 aliphatic rings. The SMILES string of the molecule is COc1ccc(S(=O)(=O)N2CCOCC2CC(=O)O)cc1OC. The zero-order valence-electron chi connectivity index (χ0n) is 12.9. The number of morpholine rings is 1. The molecular weight excluding hydrogens is 326 g/mol. The van der Waals surface area contributed by atoms with Crippen LogP contribution in [-0.2, 0) is 19.6 Å². The Bertz CT molecular complexity index is 674. The highest BCUT2D eigenvalue weighted by Gasteiger charge is 2.35. The summed E-state index contributed by atoms with van der Waals surface area (Å²) in [7, 11) is -0.992. The predicted octanol–water partition coefficient (Wildman–Crippen LogP) is 0.568. The number of carboxylic acid groups (broad SMARTS) is 1. The Kier molecular flexibility index (Phi) is 5.45. The zero-order chi connectivity index (χ0) is 17.0. The maximum absolute atomic E-state index is 12.8. The van der Waals surface area contributed by atoms with Gasteiger partial charge in [-0.15, -0.1) is 0 Å². The summed E-state index contributed by atoms with van der Waals surface area (Å²) in [5.74, 6) is -0.375. The van der Waals surface area contributed by atoms with E-state index >= 15 is 0 Å². The maximum Gasteiger partial charge on any atom is 0.305 e. The molecule has 0 saturated carbocycles. The number of nitrogens with zero attached hydrogens (tertiary/aromatic N) is 1. The third-order valence-electron chi connectivity index (χ3n) is 3.55. The third-order valence-corrected chi connectivity index (χ3v) is 5.49. The zero-order valence-corrected chi connectivity index (χ0v) is 13.7. The topological polar surface area (TPSA) is 102 Å². The van der Waals surface area contributed by atoms with Gasteiger partial charge in [-0.1, -0.05) is 0 Å². The van der Waals surface area contributed by atoms with E-state index in [0.717, 1.165) is 0 Å². The number of aliphatic carboxylic acids is 1. The predicted molar refractivity (Wildman–Crippen MR) is 80.3 cm³/mol. The van der Waals surface area contributed by atoms with E-state index in [9.17, 15) is 13.2 Å². The number of carboxylic acids is 1. The van der Waals surface area contributed by atoms with Gasteiger partial charge in [0, 0.05) is 12.6 Å². The van der Waals surface area contributed by atoms with Gasteiger partial charge in [-0.05, 0) is 12.1 Å². The molecule has 2 rings (SSSR count).